The van der Waals surface area contributed by atoms with E-state index in [0.29, 0.717) is 16.7 Å². The van der Waals surface area contributed by atoms with E-state index in [-0.39, 0.29) is 18.3 Å². The van der Waals surface area contributed by atoms with Crippen molar-refractivity contribution in [2.75, 3.05) is 0 Å². The lowest BCUT2D eigenvalue weighted by molar-refractivity contribution is 0.0520. The van der Waals surface area contributed by atoms with Gasteiger partial charge in [0.1, 0.15) is 23.5 Å². The van der Waals surface area contributed by atoms with Crippen molar-refractivity contribution in [1.82, 2.24) is 0 Å². The Morgan fingerprint density at radius 2 is 2.12 bits per heavy atom. The van der Waals surface area contributed by atoms with Crippen LogP contribution in [0, 0.1) is 0 Å². The smallest absolute Gasteiger partial charge is 0.340 e. The Morgan fingerprint density at radius 1 is 1.41 bits per heavy atom. The number of para-hydroxylation sites is 1. The van der Waals surface area contributed by atoms with Crippen molar-refractivity contribution in [3.63, 3.8) is 0 Å². The second-order valence-corrected chi connectivity index (χ2v) is 4.06. The van der Waals surface area contributed by atoms with E-state index in [1.54, 1.807) is 18.2 Å². The van der Waals surface area contributed by atoms with Crippen LogP contribution in [0.5, 0.6) is 0 Å². The molecule has 4 nitrogen and oxygen atoms in total. The number of furan rings is 1. The van der Waals surface area contributed by atoms with Crippen molar-refractivity contribution in [3.8, 4) is 0 Å². The first kappa shape index (κ1) is 11.7. The summed E-state index contributed by atoms with van der Waals surface area (Å²) in [5, 5.41) is 9.82. The minimum Gasteiger partial charge on any atom is -0.478 e. The Kier molecular flexibility index (Phi) is 3.15. The van der Waals surface area contributed by atoms with Crippen LogP contribution in [0.4, 0.5) is 0 Å². The number of fused-ring (bicyclic) bond motifs is 1. The zero-order valence-corrected chi connectivity index (χ0v) is 9.77. The Morgan fingerprint density at radius 3 is 2.76 bits per heavy atom. The summed E-state index contributed by atoms with van der Waals surface area (Å²) in [5.41, 5.74) is 0.772. The molecule has 0 unspecified atom stereocenters. The maximum Gasteiger partial charge on any atom is 0.340 e. The van der Waals surface area contributed by atoms with Gasteiger partial charge in [0.05, 0.1) is 6.10 Å². The van der Waals surface area contributed by atoms with Gasteiger partial charge in [-0.1, -0.05) is 18.2 Å². The highest BCUT2D eigenvalue weighted by Crippen LogP contribution is 2.26. The van der Waals surface area contributed by atoms with Gasteiger partial charge in [0, 0.05) is 5.39 Å². The van der Waals surface area contributed by atoms with Crippen LogP contribution in [0.25, 0.3) is 11.0 Å². The molecule has 2 aromatic rings. The van der Waals surface area contributed by atoms with E-state index >= 15 is 0 Å². The molecule has 0 saturated heterocycles. The Balaban J connectivity index is 2.46. The van der Waals surface area contributed by atoms with Gasteiger partial charge >= 0.3 is 5.97 Å². The summed E-state index contributed by atoms with van der Waals surface area (Å²) in [6.07, 6.45) is 0.0323. The minimum absolute atomic E-state index is 0.0323. The zero-order valence-electron chi connectivity index (χ0n) is 9.77. The average Bonchev–Trinajstić information content (AvgIpc) is 2.64. The van der Waals surface area contributed by atoms with Crippen LogP contribution in [0.1, 0.15) is 30.0 Å². The van der Waals surface area contributed by atoms with Crippen molar-refractivity contribution < 1.29 is 19.1 Å². The number of aromatic carboxylic acids is 1. The predicted molar refractivity (Wildman–Crippen MR) is 63.1 cm³/mol. The van der Waals surface area contributed by atoms with Gasteiger partial charge in [0.2, 0.25) is 0 Å². The monoisotopic (exact) mass is 234 g/mol. The molecular formula is C13H14O4. The fraction of sp³-hybridized carbons (Fsp3) is 0.308. The molecule has 0 aliphatic heterocycles. The van der Waals surface area contributed by atoms with Crippen molar-refractivity contribution in [3.05, 3.63) is 35.6 Å². The van der Waals surface area contributed by atoms with Gasteiger partial charge in [-0.25, -0.2) is 4.79 Å². The summed E-state index contributed by atoms with van der Waals surface area (Å²) in [4.78, 5) is 11.2. The van der Waals surface area contributed by atoms with Gasteiger partial charge in [0.25, 0.3) is 0 Å². The molecule has 0 aliphatic carbocycles. The van der Waals surface area contributed by atoms with E-state index < -0.39 is 5.97 Å². The third kappa shape index (κ3) is 2.31. The van der Waals surface area contributed by atoms with E-state index in [1.165, 1.54) is 0 Å². The first-order valence-corrected chi connectivity index (χ1v) is 5.45. The topological polar surface area (TPSA) is 59.7 Å². The molecule has 4 heteroatoms. The standard InChI is InChI=1S/C13H14O4/c1-8(2)16-7-11-12(13(14)15)9-5-3-4-6-10(9)17-11/h3-6,8H,7H2,1-2H3,(H,14,15). The molecule has 0 radical (unpaired) electrons. The van der Waals surface area contributed by atoms with Crippen molar-refractivity contribution >= 4 is 16.9 Å². The van der Waals surface area contributed by atoms with Crippen LogP contribution >= 0.6 is 0 Å². The number of carboxylic acids is 1. The largest absolute Gasteiger partial charge is 0.478 e. The van der Waals surface area contributed by atoms with E-state index in [0.717, 1.165) is 0 Å². The Bertz CT molecular complexity index is 539. The molecule has 0 spiro atoms. The number of benzene rings is 1. The highest BCUT2D eigenvalue weighted by Gasteiger charge is 2.19. The van der Waals surface area contributed by atoms with Crippen LogP contribution in [-0.4, -0.2) is 17.2 Å². The van der Waals surface area contributed by atoms with Gasteiger partial charge < -0.3 is 14.3 Å². The lowest BCUT2D eigenvalue weighted by Crippen LogP contribution is -2.05. The molecule has 1 aromatic carbocycles. The Labute approximate surface area is 98.8 Å². The molecule has 0 bridgehead atoms. The molecule has 0 saturated carbocycles. The fourth-order valence-electron chi connectivity index (χ4n) is 1.67. The van der Waals surface area contributed by atoms with E-state index in [9.17, 15) is 9.90 Å². The number of rotatable bonds is 4. The maximum atomic E-state index is 11.2. The Hall–Kier alpha value is -1.81. The third-order valence-corrected chi connectivity index (χ3v) is 2.43. The molecule has 0 aliphatic rings. The van der Waals surface area contributed by atoms with Gasteiger partial charge in [0.15, 0.2) is 0 Å². The highest BCUT2D eigenvalue weighted by molar-refractivity contribution is 6.03. The molecule has 1 heterocycles. The summed E-state index contributed by atoms with van der Waals surface area (Å²) in [7, 11) is 0. The first-order chi connectivity index (χ1) is 8.09. The molecular weight excluding hydrogens is 220 g/mol. The second-order valence-electron chi connectivity index (χ2n) is 4.06. The molecule has 0 fully saturated rings. The predicted octanol–water partition coefficient (Wildman–Crippen LogP) is 3.06. The van der Waals surface area contributed by atoms with Crippen LogP contribution in [-0.2, 0) is 11.3 Å². The van der Waals surface area contributed by atoms with Gasteiger partial charge in [-0.15, -0.1) is 0 Å². The van der Waals surface area contributed by atoms with E-state index in [4.69, 9.17) is 9.15 Å². The number of hydrogen-bond acceptors (Lipinski definition) is 3. The number of carboxylic acid groups (broad SMARTS) is 1. The first-order valence-electron chi connectivity index (χ1n) is 5.45. The SMILES string of the molecule is CC(C)OCc1oc2ccccc2c1C(=O)O. The summed E-state index contributed by atoms with van der Waals surface area (Å²) in [6, 6.07) is 7.09. The average molecular weight is 234 g/mol. The molecule has 17 heavy (non-hydrogen) atoms. The quantitative estimate of drug-likeness (QED) is 0.883. The zero-order chi connectivity index (χ0) is 12.4. The fourth-order valence-corrected chi connectivity index (χ4v) is 1.67. The van der Waals surface area contributed by atoms with Gasteiger partial charge in [-0.3, -0.25) is 0 Å². The molecule has 2 rings (SSSR count). The number of hydrogen-bond donors (Lipinski definition) is 1. The third-order valence-electron chi connectivity index (χ3n) is 2.43. The molecule has 1 N–H and O–H groups in total. The second kappa shape index (κ2) is 4.59. The van der Waals surface area contributed by atoms with Crippen LogP contribution in [0.15, 0.2) is 28.7 Å². The van der Waals surface area contributed by atoms with E-state index in [2.05, 4.69) is 0 Å². The number of carbonyl (C=O) groups is 1. The maximum absolute atomic E-state index is 11.2. The van der Waals surface area contributed by atoms with Crippen LogP contribution in [0.2, 0.25) is 0 Å². The van der Waals surface area contributed by atoms with E-state index in [1.807, 2.05) is 19.9 Å². The van der Waals surface area contributed by atoms with Crippen molar-refractivity contribution in [2.45, 2.75) is 26.6 Å². The van der Waals surface area contributed by atoms with Crippen molar-refractivity contribution in [1.29, 1.82) is 0 Å². The molecule has 90 valence electrons. The lowest BCUT2D eigenvalue weighted by Gasteiger charge is -2.05. The summed E-state index contributed by atoms with van der Waals surface area (Å²) in [6.45, 7) is 3.96. The minimum atomic E-state index is -0.989. The van der Waals surface area contributed by atoms with Crippen LogP contribution in [0.3, 0.4) is 0 Å². The summed E-state index contributed by atoms with van der Waals surface area (Å²) < 4.78 is 10.9. The highest BCUT2D eigenvalue weighted by atomic mass is 16.5. The lowest BCUT2D eigenvalue weighted by atomic mass is 10.1. The molecule has 0 amide bonds. The van der Waals surface area contributed by atoms with Crippen LogP contribution < -0.4 is 0 Å². The van der Waals surface area contributed by atoms with Gasteiger partial charge in [-0.05, 0) is 19.9 Å². The summed E-state index contributed by atoms with van der Waals surface area (Å²) >= 11 is 0. The normalized spacial score (nSPS) is 11.2. The number of ether oxygens (including phenoxy) is 1. The van der Waals surface area contributed by atoms with Gasteiger partial charge in [-0.2, -0.15) is 0 Å². The summed E-state index contributed by atoms with van der Waals surface area (Å²) in [5.74, 6) is -0.621. The van der Waals surface area contributed by atoms with Crippen molar-refractivity contribution in [2.24, 2.45) is 0 Å². The molecule has 0 atom stereocenters. The molecule has 1 aromatic heterocycles.